The molecule has 3 aliphatic heterocycles. The van der Waals surface area contributed by atoms with Gasteiger partial charge in [-0.1, -0.05) is 23.2 Å². The zero-order valence-corrected chi connectivity index (χ0v) is 25.5. The van der Waals surface area contributed by atoms with Crippen molar-refractivity contribution in [1.82, 2.24) is 19.9 Å². The normalized spacial score (nSPS) is 18.1. The summed E-state index contributed by atoms with van der Waals surface area (Å²) in [5.74, 6) is -0.0542. The number of hydrogen-bond donors (Lipinski definition) is 3. The van der Waals surface area contributed by atoms with Crippen molar-refractivity contribution in [3.05, 3.63) is 80.8 Å². The summed E-state index contributed by atoms with van der Waals surface area (Å²) >= 11 is 13.0. The molecule has 0 amide bonds. The first-order chi connectivity index (χ1) is 21.7. The minimum Gasteiger partial charge on any atom is -0.483 e. The second kappa shape index (κ2) is 12.5. The monoisotopic (exact) mass is 652 g/mol. The zero-order valence-electron chi connectivity index (χ0n) is 24.0. The summed E-state index contributed by atoms with van der Waals surface area (Å²) in [4.78, 5) is 46.9. The summed E-state index contributed by atoms with van der Waals surface area (Å²) in [5, 5.41) is 21.1. The molecule has 234 valence electrons. The molecule has 0 radical (unpaired) electrons. The van der Waals surface area contributed by atoms with Crippen LogP contribution in [-0.2, 0) is 4.79 Å². The van der Waals surface area contributed by atoms with Crippen molar-refractivity contribution >= 4 is 58.1 Å². The Morgan fingerprint density at radius 1 is 1.16 bits per heavy atom. The van der Waals surface area contributed by atoms with Gasteiger partial charge in [0.25, 0.3) is 6.47 Å². The van der Waals surface area contributed by atoms with Gasteiger partial charge >= 0.3 is 5.97 Å². The number of nitrogens with zero attached hydrogens (tertiary/aromatic N) is 5. The SMILES string of the molecule is O=C(O)c1cn(-c2ccc(N3CC4(CNC4)C3)nc2)c2cc(N3CCCC3COc3ncccc3Cl)c(Cl)cc2c1=O.O=CO. The van der Waals surface area contributed by atoms with Crippen LogP contribution in [0.1, 0.15) is 23.2 Å². The van der Waals surface area contributed by atoms with Gasteiger partial charge in [0, 0.05) is 55.9 Å². The predicted molar refractivity (Wildman–Crippen MR) is 171 cm³/mol. The van der Waals surface area contributed by atoms with Gasteiger partial charge in [0.2, 0.25) is 11.3 Å². The smallest absolute Gasteiger partial charge is 0.341 e. The average Bonchev–Trinajstić information content (AvgIpc) is 3.44. The van der Waals surface area contributed by atoms with Crippen LogP contribution in [0.2, 0.25) is 10.0 Å². The number of pyridine rings is 3. The number of aromatic carboxylic acids is 1. The van der Waals surface area contributed by atoms with Crippen molar-refractivity contribution in [3.8, 4) is 11.6 Å². The van der Waals surface area contributed by atoms with Gasteiger partial charge < -0.3 is 34.6 Å². The van der Waals surface area contributed by atoms with Crippen LogP contribution in [0.4, 0.5) is 11.5 Å². The van der Waals surface area contributed by atoms with Gasteiger partial charge in [0.05, 0.1) is 34.2 Å². The van der Waals surface area contributed by atoms with E-state index in [1.165, 1.54) is 6.20 Å². The standard InChI is InChI=1S/C30H28Cl2N6O4.CH2O2/c31-22-4-1-7-34-28(22)42-13-19-3-2-8-37(19)25-10-24-20(9-23(25)32)27(39)21(29(40)41)12-38(24)18-5-6-26(35-11-18)36-16-30(17-36)14-33-15-30;2-1-3/h1,4-7,9-12,19,33H,2-3,8,13-17H2,(H,40,41);1H,(H,2,3). The molecule has 3 aliphatic rings. The predicted octanol–water partition coefficient (Wildman–Crippen LogP) is 3.94. The van der Waals surface area contributed by atoms with Gasteiger partial charge in [-0.3, -0.25) is 9.59 Å². The maximum absolute atomic E-state index is 13.2. The minimum absolute atomic E-state index is 0.00289. The number of nitrogens with one attached hydrogen (secondary N) is 1. The Hall–Kier alpha value is -4.39. The van der Waals surface area contributed by atoms with Crippen LogP contribution in [-0.4, -0.2) is 82.6 Å². The average molecular weight is 654 g/mol. The Labute approximate surface area is 267 Å². The first-order valence-corrected chi connectivity index (χ1v) is 15.1. The van der Waals surface area contributed by atoms with E-state index in [0.29, 0.717) is 39.2 Å². The summed E-state index contributed by atoms with van der Waals surface area (Å²) in [6.45, 7) is 4.85. The van der Waals surface area contributed by atoms with Gasteiger partial charge in [-0.15, -0.1) is 0 Å². The number of carbonyl (C=O) groups is 2. The molecule has 12 nitrogen and oxygen atoms in total. The van der Waals surface area contributed by atoms with Crippen molar-refractivity contribution in [2.75, 3.05) is 49.1 Å². The van der Waals surface area contributed by atoms with E-state index in [1.54, 1.807) is 35.2 Å². The fourth-order valence-electron chi connectivity index (χ4n) is 6.23. The third kappa shape index (κ3) is 5.88. The molecule has 14 heteroatoms. The van der Waals surface area contributed by atoms with Gasteiger partial charge in [-0.05, 0) is 49.2 Å². The molecule has 3 N–H and O–H groups in total. The van der Waals surface area contributed by atoms with E-state index in [1.807, 2.05) is 18.2 Å². The molecule has 1 spiro atoms. The van der Waals surface area contributed by atoms with Crippen LogP contribution in [0, 0.1) is 5.41 Å². The van der Waals surface area contributed by atoms with Crippen molar-refractivity contribution in [2.24, 2.45) is 5.41 Å². The minimum atomic E-state index is -1.30. The largest absolute Gasteiger partial charge is 0.483 e. The number of anilines is 2. The molecule has 3 aromatic heterocycles. The lowest BCUT2D eigenvalue weighted by molar-refractivity contribution is -0.122. The second-order valence-electron chi connectivity index (χ2n) is 11.4. The van der Waals surface area contributed by atoms with Crippen molar-refractivity contribution in [3.63, 3.8) is 0 Å². The number of hydrogen-bond acceptors (Lipinski definition) is 9. The molecule has 1 atom stereocenters. The summed E-state index contributed by atoms with van der Waals surface area (Å²) in [6, 6.07) is 10.7. The Morgan fingerprint density at radius 3 is 2.58 bits per heavy atom. The van der Waals surface area contributed by atoms with Crippen molar-refractivity contribution < 1.29 is 24.5 Å². The zero-order chi connectivity index (χ0) is 31.7. The molecular formula is C31H30Cl2N6O6. The number of aromatic nitrogens is 3. The molecule has 6 heterocycles. The molecular weight excluding hydrogens is 623 g/mol. The third-order valence-electron chi connectivity index (χ3n) is 8.51. The van der Waals surface area contributed by atoms with Gasteiger partial charge in [0.1, 0.15) is 23.0 Å². The molecule has 7 rings (SSSR count). The van der Waals surface area contributed by atoms with E-state index in [4.69, 9.17) is 37.8 Å². The maximum atomic E-state index is 13.2. The van der Waals surface area contributed by atoms with Crippen LogP contribution in [0.25, 0.3) is 16.6 Å². The summed E-state index contributed by atoms with van der Waals surface area (Å²) in [5.41, 5.74) is 1.37. The second-order valence-corrected chi connectivity index (χ2v) is 12.2. The number of ether oxygens (including phenoxy) is 1. The lowest BCUT2D eigenvalue weighted by atomic mass is 9.74. The first kappa shape index (κ1) is 30.6. The molecule has 0 saturated carbocycles. The lowest BCUT2D eigenvalue weighted by Gasteiger charge is -2.56. The number of benzene rings is 1. The van der Waals surface area contributed by atoms with Crippen LogP contribution in [0.3, 0.4) is 0 Å². The van der Waals surface area contributed by atoms with Crippen LogP contribution in [0.5, 0.6) is 5.88 Å². The van der Waals surface area contributed by atoms with Crippen LogP contribution in [0.15, 0.2) is 59.8 Å². The molecule has 45 heavy (non-hydrogen) atoms. The number of carboxylic acids is 1. The maximum Gasteiger partial charge on any atom is 0.341 e. The van der Waals surface area contributed by atoms with Gasteiger partial charge in [0.15, 0.2) is 0 Å². The van der Waals surface area contributed by atoms with Gasteiger partial charge in [-0.2, -0.15) is 0 Å². The van der Waals surface area contributed by atoms with E-state index in [-0.39, 0.29) is 23.5 Å². The van der Waals surface area contributed by atoms with E-state index in [0.717, 1.165) is 57.1 Å². The molecule has 0 bridgehead atoms. The van der Waals surface area contributed by atoms with Crippen molar-refractivity contribution in [1.29, 1.82) is 0 Å². The van der Waals surface area contributed by atoms with Gasteiger partial charge in [-0.25, -0.2) is 14.8 Å². The Bertz CT molecular complexity index is 1810. The first-order valence-electron chi connectivity index (χ1n) is 14.4. The lowest BCUT2D eigenvalue weighted by Crippen LogP contribution is -2.71. The summed E-state index contributed by atoms with van der Waals surface area (Å²) in [7, 11) is 0. The van der Waals surface area contributed by atoms with E-state index in [2.05, 4.69) is 25.1 Å². The molecule has 1 unspecified atom stereocenters. The van der Waals surface area contributed by atoms with E-state index in [9.17, 15) is 14.7 Å². The fourth-order valence-corrected chi connectivity index (χ4v) is 6.68. The summed E-state index contributed by atoms with van der Waals surface area (Å²) < 4.78 is 7.67. The van der Waals surface area contributed by atoms with Crippen LogP contribution >= 0.6 is 23.2 Å². The number of fused-ring (bicyclic) bond motifs is 1. The molecule has 3 saturated heterocycles. The highest BCUT2D eigenvalue weighted by Gasteiger charge is 2.47. The Kier molecular flexibility index (Phi) is 8.54. The van der Waals surface area contributed by atoms with Crippen molar-refractivity contribution in [2.45, 2.75) is 18.9 Å². The molecule has 0 aliphatic carbocycles. The van der Waals surface area contributed by atoms with Crippen LogP contribution < -0.4 is 25.3 Å². The molecule has 4 aromatic rings. The topological polar surface area (TPSA) is 150 Å². The molecule has 1 aromatic carbocycles. The Balaban J connectivity index is 0.00000115. The van der Waals surface area contributed by atoms with E-state index >= 15 is 0 Å². The quantitative estimate of drug-likeness (QED) is 0.249. The molecule has 3 fully saturated rings. The number of rotatable bonds is 7. The summed E-state index contributed by atoms with van der Waals surface area (Å²) in [6.07, 6.45) is 6.52. The fraction of sp³-hybridized carbons (Fsp3) is 0.323. The van der Waals surface area contributed by atoms with E-state index < -0.39 is 11.4 Å². The highest BCUT2D eigenvalue weighted by atomic mass is 35.5. The Morgan fingerprint density at radius 2 is 1.93 bits per heavy atom. The number of carboxylic acid groups (broad SMARTS) is 2. The third-order valence-corrected chi connectivity index (χ3v) is 9.10. The highest BCUT2D eigenvalue weighted by molar-refractivity contribution is 6.34. The highest BCUT2D eigenvalue weighted by Crippen LogP contribution is 2.38. The number of halogens is 2.